The van der Waals surface area contributed by atoms with E-state index < -0.39 is 6.85 Å². The molecule has 1 heteroatoms. The Morgan fingerprint density at radius 1 is 1.00 bits per heavy atom. The fourth-order valence-corrected chi connectivity index (χ4v) is 1.71. The fourth-order valence-electron chi connectivity index (χ4n) is 1.71. The number of benzene rings is 1. The highest BCUT2D eigenvalue weighted by Gasteiger charge is 2.13. The molecule has 0 atom stereocenters. The van der Waals surface area contributed by atoms with Crippen molar-refractivity contribution in [1.82, 2.24) is 4.98 Å². The van der Waals surface area contributed by atoms with E-state index in [1.807, 2.05) is 12.1 Å². The van der Waals surface area contributed by atoms with Crippen molar-refractivity contribution in [3.05, 3.63) is 53.7 Å². The topological polar surface area (TPSA) is 12.9 Å². The maximum Gasteiger partial charge on any atom is 0.0702 e. The molecule has 1 aromatic carbocycles. The molecule has 2 aromatic rings. The van der Waals surface area contributed by atoms with Gasteiger partial charge < -0.3 is 0 Å². The Kier molecular flexibility index (Phi) is 2.15. The maximum absolute atomic E-state index is 7.34. The quantitative estimate of drug-likeness (QED) is 0.707. The number of aryl methyl sites for hydroxylation is 1. The molecule has 0 amide bonds. The van der Waals surface area contributed by atoms with Crippen molar-refractivity contribution in [2.45, 2.75) is 33.0 Å². The Bertz CT molecular complexity index is 520. The summed E-state index contributed by atoms with van der Waals surface area (Å²) in [7, 11) is 0. The van der Waals surface area contributed by atoms with E-state index in [1.54, 1.807) is 12.1 Å². The van der Waals surface area contributed by atoms with Gasteiger partial charge in [0.15, 0.2) is 0 Å². The minimum Gasteiger partial charge on any atom is -0.256 e. The van der Waals surface area contributed by atoms with Crippen LogP contribution in [0.5, 0.6) is 0 Å². The van der Waals surface area contributed by atoms with E-state index in [4.69, 9.17) is 4.11 Å². The predicted octanol–water partition coefficient (Wildman–Crippen LogP) is 4.35. The highest BCUT2D eigenvalue weighted by Crippen LogP contribution is 2.25. The lowest BCUT2D eigenvalue weighted by atomic mass is 9.86. The first-order chi connectivity index (χ1) is 9.18. The van der Waals surface area contributed by atoms with Crippen LogP contribution in [0.15, 0.2) is 42.6 Å². The molecule has 0 aliphatic heterocycles. The molecular formula is C16H19N. The molecule has 2 rings (SSSR count). The smallest absolute Gasteiger partial charge is 0.0702 e. The molecule has 0 aliphatic carbocycles. The molecule has 0 N–H and O–H groups in total. The van der Waals surface area contributed by atoms with Crippen molar-refractivity contribution >= 4 is 0 Å². The Morgan fingerprint density at radius 3 is 2.18 bits per heavy atom. The second-order valence-electron chi connectivity index (χ2n) is 5.26. The maximum atomic E-state index is 7.34. The minimum absolute atomic E-state index is 0.122. The number of pyridine rings is 1. The Morgan fingerprint density at radius 2 is 1.71 bits per heavy atom. The molecule has 0 fully saturated rings. The monoisotopic (exact) mass is 228 g/mol. The van der Waals surface area contributed by atoms with Crippen molar-refractivity contribution in [3.8, 4) is 11.3 Å². The van der Waals surface area contributed by atoms with Gasteiger partial charge in [0.05, 0.1) is 5.69 Å². The van der Waals surface area contributed by atoms with Crippen LogP contribution < -0.4 is 0 Å². The van der Waals surface area contributed by atoms with Crippen LogP contribution in [0.3, 0.4) is 0 Å². The van der Waals surface area contributed by atoms with E-state index in [2.05, 4.69) is 37.9 Å². The zero-order valence-electron chi connectivity index (χ0n) is 13.5. The fraction of sp³-hybridized carbons (Fsp3) is 0.312. The van der Waals surface area contributed by atoms with Gasteiger partial charge in [-0.05, 0) is 29.5 Å². The second kappa shape index (κ2) is 4.33. The van der Waals surface area contributed by atoms with E-state index in [0.29, 0.717) is 0 Å². The Labute approximate surface area is 108 Å². The van der Waals surface area contributed by atoms with Gasteiger partial charge in [-0.2, -0.15) is 0 Å². The predicted molar refractivity (Wildman–Crippen MR) is 73.1 cm³/mol. The summed E-state index contributed by atoms with van der Waals surface area (Å²) in [6.45, 7) is 4.42. The lowest BCUT2D eigenvalue weighted by Gasteiger charge is -2.19. The molecule has 17 heavy (non-hydrogen) atoms. The van der Waals surface area contributed by atoms with Gasteiger partial charge in [0.25, 0.3) is 0 Å². The molecular weight excluding hydrogens is 206 g/mol. The minimum atomic E-state index is -2.10. The number of rotatable bonds is 1. The number of hydrogen-bond donors (Lipinski definition) is 0. The van der Waals surface area contributed by atoms with Crippen molar-refractivity contribution in [1.29, 1.82) is 0 Å². The molecule has 0 saturated carbocycles. The van der Waals surface area contributed by atoms with Crippen LogP contribution in [0.4, 0.5) is 0 Å². The molecule has 88 valence electrons. The zero-order chi connectivity index (χ0) is 15.0. The van der Waals surface area contributed by atoms with Crippen LogP contribution in [0.2, 0.25) is 0 Å². The van der Waals surface area contributed by atoms with Crippen molar-refractivity contribution < 1.29 is 4.11 Å². The molecule has 0 spiro atoms. The third-order valence-corrected chi connectivity index (χ3v) is 2.81. The lowest BCUT2D eigenvalue weighted by molar-refractivity contribution is 0.590. The average Bonchev–Trinajstić information content (AvgIpc) is 2.37. The normalized spacial score (nSPS) is 14.9. The van der Waals surface area contributed by atoms with Gasteiger partial charge in [0.2, 0.25) is 0 Å². The first-order valence-electron chi connectivity index (χ1n) is 7.25. The van der Waals surface area contributed by atoms with Gasteiger partial charge in [-0.15, -0.1) is 0 Å². The number of hydrogen-bond acceptors (Lipinski definition) is 1. The van der Waals surface area contributed by atoms with Crippen LogP contribution in [-0.4, -0.2) is 4.98 Å². The molecule has 1 nitrogen and oxygen atoms in total. The molecule has 1 aromatic heterocycles. The molecule has 0 bridgehead atoms. The van der Waals surface area contributed by atoms with E-state index in [9.17, 15) is 0 Å². The Hall–Kier alpha value is -1.63. The summed E-state index contributed by atoms with van der Waals surface area (Å²) in [4.78, 5) is 4.25. The number of aromatic nitrogens is 1. The van der Waals surface area contributed by atoms with Crippen molar-refractivity contribution in [2.24, 2.45) is 0 Å². The van der Waals surface area contributed by atoms with Gasteiger partial charge >= 0.3 is 0 Å². The van der Waals surface area contributed by atoms with Crippen LogP contribution in [0, 0.1) is 6.85 Å². The van der Waals surface area contributed by atoms with Gasteiger partial charge in [0, 0.05) is 15.9 Å². The van der Waals surface area contributed by atoms with Crippen LogP contribution in [0.25, 0.3) is 11.3 Å². The standard InChI is InChI=1S/C16H19N/c1-12-5-10-15(17-11-12)13-6-8-14(9-7-13)16(2,3)4/h5-11H,1-4H3/i1D3. The molecule has 1 heterocycles. The van der Waals surface area contributed by atoms with Crippen LogP contribution in [-0.2, 0) is 5.41 Å². The summed E-state index contributed by atoms with van der Waals surface area (Å²) in [5.74, 6) is 0. The zero-order valence-corrected chi connectivity index (χ0v) is 10.5. The largest absolute Gasteiger partial charge is 0.256 e. The van der Waals surface area contributed by atoms with Gasteiger partial charge in [-0.1, -0.05) is 51.1 Å². The molecule has 0 radical (unpaired) electrons. The number of nitrogens with zero attached hydrogens (tertiary/aromatic N) is 1. The van der Waals surface area contributed by atoms with Gasteiger partial charge in [-0.25, -0.2) is 0 Å². The van der Waals surface area contributed by atoms with Gasteiger partial charge in [-0.3, -0.25) is 4.98 Å². The Balaban J connectivity index is 2.29. The SMILES string of the molecule is [2H]C([2H])([2H])c1ccc(-c2ccc(C(C)(C)C)cc2)nc1. The van der Waals surface area contributed by atoms with E-state index in [1.165, 1.54) is 11.8 Å². The summed E-state index contributed by atoms with van der Waals surface area (Å²) < 4.78 is 22.0. The average molecular weight is 228 g/mol. The third-order valence-electron chi connectivity index (χ3n) is 2.81. The van der Waals surface area contributed by atoms with Crippen molar-refractivity contribution in [3.63, 3.8) is 0 Å². The highest BCUT2D eigenvalue weighted by molar-refractivity contribution is 5.59. The summed E-state index contributed by atoms with van der Waals surface area (Å²) >= 11 is 0. The first kappa shape index (κ1) is 8.46. The van der Waals surface area contributed by atoms with E-state index in [-0.39, 0.29) is 11.0 Å². The molecule has 0 unspecified atom stereocenters. The lowest BCUT2D eigenvalue weighted by Crippen LogP contribution is -2.10. The van der Waals surface area contributed by atoms with Gasteiger partial charge in [0.1, 0.15) is 0 Å². The van der Waals surface area contributed by atoms with E-state index >= 15 is 0 Å². The summed E-state index contributed by atoms with van der Waals surface area (Å²) in [6, 6.07) is 11.6. The second-order valence-corrected chi connectivity index (χ2v) is 5.26. The van der Waals surface area contributed by atoms with Crippen LogP contribution in [0.1, 0.15) is 36.0 Å². The molecule has 0 aliphatic rings. The highest BCUT2D eigenvalue weighted by atomic mass is 14.7. The third kappa shape index (κ3) is 2.73. The van der Waals surface area contributed by atoms with E-state index in [0.717, 1.165) is 11.3 Å². The van der Waals surface area contributed by atoms with Crippen LogP contribution >= 0.6 is 0 Å². The summed E-state index contributed by atoms with van der Waals surface area (Å²) in [5.41, 5.74) is 3.44. The molecule has 0 saturated heterocycles. The summed E-state index contributed by atoms with van der Waals surface area (Å²) in [6.07, 6.45) is 1.43. The summed E-state index contributed by atoms with van der Waals surface area (Å²) in [5, 5.41) is 0. The van der Waals surface area contributed by atoms with Crippen molar-refractivity contribution in [2.75, 3.05) is 0 Å². The first-order valence-corrected chi connectivity index (χ1v) is 5.75.